The number of rotatable bonds is 1. The Kier molecular flexibility index (Phi) is 1.86. The van der Waals surface area contributed by atoms with Crippen LogP contribution in [-0.2, 0) is 0 Å². The number of oxime groups is 1. The van der Waals surface area contributed by atoms with Crippen molar-refractivity contribution in [1.29, 1.82) is 0 Å². The lowest BCUT2D eigenvalue weighted by atomic mass is 10.3. The van der Waals surface area contributed by atoms with Crippen LogP contribution >= 0.6 is 0 Å². The van der Waals surface area contributed by atoms with E-state index in [1.54, 1.807) is 0 Å². The fraction of sp³-hybridized carbons (Fsp3) is 0. The van der Waals surface area contributed by atoms with Gasteiger partial charge in [-0.05, 0) is 0 Å². The third-order valence-corrected chi connectivity index (χ3v) is 1.13. The lowest BCUT2D eigenvalue weighted by Gasteiger charge is -1.98. The number of hydrogen-bond acceptors (Lipinski definition) is 6. The standard InChI is InChI=1S/C5H7N5O/c6-4-3(1-10-11)5(7)9-2-8-4/h1-2,11H,(H4,6,7,8,9). The molecule has 0 fully saturated rings. The molecule has 0 bridgehead atoms. The van der Waals surface area contributed by atoms with Crippen LogP contribution in [0.1, 0.15) is 5.56 Å². The fourth-order valence-corrected chi connectivity index (χ4v) is 0.614. The molecule has 5 N–H and O–H groups in total. The summed E-state index contributed by atoms with van der Waals surface area (Å²) in [7, 11) is 0. The van der Waals surface area contributed by atoms with Crippen LogP contribution in [0, 0.1) is 0 Å². The maximum atomic E-state index is 8.17. The van der Waals surface area contributed by atoms with Gasteiger partial charge in [0.2, 0.25) is 0 Å². The lowest BCUT2D eigenvalue weighted by molar-refractivity contribution is 0.322. The molecule has 6 heteroatoms. The normalized spacial score (nSPS) is 10.5. The third kappa shape index (κ3) is 1.34. The van der Waals surface area contributed by atoms with Crippen molar-refractivity contribution in [2.45, 2.75) is 0 Å². The van der Waals surface area contributed by atoms with Crippen molar-refractivity contribution in [3.63, 3.8) is 0 Å². The average molecular weight is 153 g/mol. The van der Waals surface area contributed by atoms with Crippen LogP contribution in [0.5, 0.6) is 0 Å². The van der Waals surface area contributed by atoms with E-state index in [0.29, 0.717) is 5.56 Å². The van der Waals surface area contributed by atoms with Gasteiger partial charge in [0.05, 0.1) is 11.8 Å². The van der Waals surface area contributed by atoms with E-state index in [-0.39, 0.29) is 11.6 Å². The first-order valence-electron chi connectivity index (χ1n) is 2.79. The van der Waals surface area contributed by atoms with Gasteiger partial charge in [-0.1, -0.05) is 5.16 Å². The number of hydrogen-bond donors (Lipinski definition) is 3. The molecule has 0 aromatic carbocycles. The molecule has 0 atom stereocenters. The Bertz CT molecular complexity index is 264. The Hall–Kier alpha value is -1.85. The first-order chi connectivity index (χ1) is 5.25. The zero-order chi connectivity index (χ0) is 8.27. The molecule has 1 aromatic heterocycles. The molecule has 0 unspecified atom stereocenters. The van der Waals surface area contributed by atoms with Gasteiger partial charge < -0.3 is 16.7 Å². The average Bonchev–Trinajstić information content (AvgIpc) is 1.97. The Labute approximate surface area is 62.6 Å². The van der Waals surface area contributed by atoms with Crippen molar-refractivity contribution in [3.05, 3.63) is 11.9 Å². The molecular weight excluding hydrogens is 146 g/mol. The first kappa shape index (κ1) is 7.26. The second kappa shape index (κ2) is 2.82. The molecule has 0 aliphatic carbocycles. The van der Waals surface area contributed by atoms with Gasteiger partial charge in [-0.3, -0.25) is 0 Å². The minimum atomic E-state index is 0.190. The van der Waals surface area contributed by atoms with E-state index in [9.17, 15) is 0 Å². The van der Waals surface area contributed by atoms with Crippen LogP contribution < -0.4 is 11.5 Å². The van der Waals surface area contributed by atoms with E-state index in [0.717, 1.165) is 6.21 Å². The van der Waals surface area contributed by atoms with Gasteiger partial charge in [0.25, 0.3) is 0 Å². The highest BCUT2D eigenvalue weighted by molar-refractivity contribution is 5.90. The molecule has 6 nitrogen and oxygen atoms in total. The van der Waals surface area contributed by atoms with Gasteiger partial charge in [-0.15, -0.1) is 0 Å². The zero-order valence-corrected chi connectivity index (χ0v) is 5.60. The predicted molar refractivity (Wildman–Crippen MR) is 40.2 cm³/mol. The summed E-state index contributed by atoms with van der Waals surface area (Å²) < 4.78 is 0. The van der Waals surface area contributed by atoms with Crippen molar-refractivity contribution in [3.8, 4) is 0 Å². The highest BCUT2D eigenvalue weighted by Gasteiger charge is 2.01. The highest BCUT2D eigenvalue weighted by Crippen LogP contribution is 2.09. The van der Waals surface area contributed by atoms with E-state index >= 15 is 0 Å². The molecule has 1 heterocycles. The monoisotopic (exact) mass is 153 g/mol. The van der Waals surface area contributed by atoms with E-state index in [2.05, 4.69) is 15.1 Å². The van der Waals surface area contributed by atoms with Gasteiger partial charge in [0.1, 0.15) is 18.0 Å². The van der Waals surface area contributed by atoms with Crippen LogP contribution in [0.4, 0.5) is 11.6 Å². The Morgan fingerprint density at radius 2 is 1.91 bits per heavy atom. The maximum absolute atomic E-state index is 8.17. The zero-order valence-electron chi connectivity index (χ0n) is 5.60. The molecule has 1 aromatic rings. The Morgan fingerprint density at radius 1 is 1.36 bits per heavy atom. The summed E-state index contributed by atoms with van der Waals surface area (Å²) in [5.41, 5.74) is 11.1. The second-order valence-corrected chi connectivity index (χ2v) is 1.80. The van der Waals surface area contributed by atoms with Crippen molar-refractivity contribution >= 4 is 17.9 Å². The third-order valence-electron chi connectivity index (χ3n) is 1.13. The van der Waals surface area contributed by atoms with E-state index in [1.165, 1.54) is 6.33 Å². The molecule has 1 rings (SSSR count). The van der Waals surface area contributed by atoms with Crippen molar-refractivity contribution in [2.75, 3.05) is 11.5 Å². The predicted octanol–water partition coefficient (Wildman–Crippen LogP) is -0.551. The summed E-state index contributed by atoms with van der Waals surface area (Å²) in [6.45, 7) is 0. The summed E-state index contributed by atoms with van der Waals surface area (Å²) in [5.74, 6) is 0.380. The van der Waals surface area contributed by atoms with Crippen LogP contribution in [0.2, 0.25) is 0 Å². The molecule has 0 spiro atoms. The number of anilines is 2. The number of aromatic nitrogens is 2. The quantitative estimate of drug-likeness (QED) is 0.285. The molecule has 11 heavy (non-hydrogen) atoms. The van der Waals surface area contributed by atoms with Crippen LogP contribution in [-0.4, -0.2) is 21.4 Å². The molecule has 0 aliphatic rings. The molecule has 58 valence electrons. The summed E-state index contributed by atoms with van der Waals surface area (Å²) in [4.78, 5) is 7.29. The summed E-state index contributed by atoms with van der Waals surface area (Å²) in [6.07, 6.45) is 2.32. The largest absolute Gasteiger partial charge is 0.411 e. The number of nitrogens with two attached hydrogens (primary N) is 2. The Balaban J connectivity index is 3.20. The van der Waals surface area contributed by atoms with Gasteiger partial charge in [-0.2, -0.15) is 0 Å². The van der Waals surface area contributed by atoms with E-state index in [4.69, 9.17) is 16.7 Å². The summed E-state index contributed by atoms with van der Waals surface area (Å²) >= 11 is 0. The molecule has 0 radical (unpaired) electrons. The molecule has 0 amide bonds. The number of nitrogens with zero attached hydrogens (tertiary/aromatic N) is 3. The van der Waals surface area contributed by atoms with Gasteiger partial charge >= 0.3 is 0 Å². The topological polar surface area (TPSA) is 110 Å². The first-order valence-corrected chi connectivity index (χ1v) is 2.79. The SMILES string of the molecule is Nc1ncnc(N)c1C=NO. The maximum Gasteiger partial charge on any atom is 0.137 e. The van der Waals surface area contributed by atoms with Crippen LogP contribution in [0.15, 0.2) is 11.5 Å². The molecular formula is C5H7N5O. The molecule has 0 aliphatic heterocycles. The summed E-state index contributed by atoms with van der Waals surface area (Å²) in [5, 5.41) is 10.9. The highest BCUT2D eigenvalue weighted by atomic mass is 16.4. The fourth-order valence-electron chi connectivity index (χ4n) is 0.614. The lowest BCUT2D eigenvalue weighted by Crippen LogP contribution is -2.03. The number of nitrogen functional groups attached to an aromatic ring is 2. The van der Waals surface area contributed by atoms with E-state index < -0.39 is 0 Å². The van der Waals surface area contributed by atoms with Crippen molar-refractivity contribution < 1.29 is 5.21 Å². The smallest absolute Gasteiger partial charge is 0.137 e. The van der Waals surface area contributed by atoms with Crippen LogP contribution in [0.25, 0.3) is 0 Å². The minimum absolute atomic E-state index is 0.190. The minimum Gasteiger partial charge on any atom is -0.411 e. The van der Waals surface area contributed by atoms with Crippen LogP contribution in [0.3, 0.4) is 0 Å². The van der Waals surface area contributed by atoms with Crippen molar-refractivity contribution in [2.24, 2.45) is 5.16 Å². The molecule has 0 saturated heterocycles. The molecule has 0 saturated carbocycles. The van der Waals surface area contributed by atoms with Crippen molar-refractivity contribution in [1.82, 2.24) is 9.97 Å². The second-order valence-electron chi connectivity index (χ2n) is 1.80. The van der Waals surface area contributed by atoms with Gasteiger partial charge in [0, 0.05) is 0 Å². The summed E-state index contributed by atoms with van der Waals surface area (Å²) in [6, 6.07) is 0. The Morgan fingerprint density at radius 3 is 2.36 bits per heavy atom. The van der Waals surface area contributed by atoms with E-state index in [1.807, 2.05) is 0 Å². The van der Waals surface area contributed by atoms with Gasteiger partial charge in [-0.25, -0.2) is 9.97 Å². The van der Waals surface area contributed by atoms with Gasteiger partial charge in [0.15, 0.2) is 0 Å².